The standard InChI is InChI=1S/C19H29N2O3P/c1-14(17-9-5-6-15(10-17)12-20)21-13-18(22)11-19(25(23)24)16-7-3-2-4-8-16/h5-6,9-10,14,16,18-19,21-22,25H,2-4,7-8,11,13H2,1H3,(H,23,24)/t14-,18+,19?/m0/s1. The summed E-state index contributed by atoms with van der Waals surface area (Å²) in [5.41, 5.74) is 1.33. The minimum Gasteiger partial charge on any atom is -0.392 e. The third kappa shape index (κ3) is 6.24. The summed E-state index contributed by atoms with van der Waals surface area (Å²) in [6.45, 7) is 2.35. The van der Waals surface area contributed by atoms with Crippen LogP contribution in [0.15, 0.2) is 24.3 Å². The van der Waals surface area contributed by atoms with Gasteiger partial charge in [-0.3, -0.25) is 4.57 Å². The maximum Gasteiger partial charge on any atom is 0.192 e. The Labute approximate surface area is 150 Å². The van der Waals surface area contributed by atoms with Gasteiger partial charge in [-0.1, -0.05) is 31.4 Å². The quantitative estimate of drug-likeness (QED) is 0.615. The minimum atomic E-state index is -2.64. The van der Waals surface area contributed by atoms with E-state index in [9.17, 15) is 14.6 Å². The van der Waals surface area contributed by atoms with Crippen LogP contribution < -0.4 is 5.32 Å². The molecule has 6 heteroatoms. The first kappa shape index (κ1) is 20.1. The Balaban J connectivity index is 1.86. The number of benzene rings is 1. The molecule has 0 heterocycles. The molecule has 1 aromatic rings. The van der Waals surface area contributed by atoms with Gasteiger partial charge >= 0.3 is 0 Å². The molecule has 2 rings (SSSR count). The molecule has 1 aliphatic carbocycles. The molecule has 0 spiro atoms. The highest BCUT2D eigenvalue weighted by molar-refractivity contribution is 7.38. The van der Waals surface area contributed by atoms with E-state index in [0.29, 0.717) is 18.5 Å². The second-order valence-electron chi connectivity index (χ2n) is 7.10. The van der Waals surface area contributed by atoms with Crippen LogP contribution in [0.25, 0.3) is 0 Å². The van der Waals surface area contributed by atoms with E-state index in [1.54, 1.807) is 6.07 Å². The van der Waals surface area contributed by atoms with Gasteiger partial charge in [0, 0.05) is 18.2 Å². The lowest BCUT2D eigenvalue weighted by Gasteiger charge is -2.30. The monoisotopic (exact) mass is 364 g/mol. The highest BCUT2D eigenvalue weighted by Crippen LogP contribution is 2.40. The molecule has 2 unspecified atom stereocenters. The van der Waals surface area contributed by atoms with Crippen molar-refractivity contribution in [2.45, 2.75) is 63.3 Å². The average molecular weight is 364 g/mol. The first-order chi connectivity index (χ1) is 12.0. The van der Waals surface area contributed by atoms with E-state index < -0.39 is 14.1 Å². The molecule has 0 amide bonds. The van der Waals surface area contributed by atoms with Gasteiger partial charge in [0.25, 0.3) is 0 Å². The Morgan fingerprint density at radius 2 is 2.08 bits per heavy atom. The number of nitrogens with one attached hydrogen (secondary N) is 1. The lowest BCUT2D eigenvalue weighted by molar-refractivity contribution is 0.144. The average Bonchev–Trinajstić information content (AvgIpc) is 2.64. The molecule has 138 valence electrons. The zero-order valence-corrected chi connectivity index (χ0v) is 15.8. The van der Waals surface area contributed by atoms with Crippen molar-refractivity contribution in [3.05, 3.63) is 35.4 Å². The zero-order chi connectivity index (χ0) is 18.2. The maximum absolute atomic E-state index is 11.8. The minimum absolute atomic E-state index is 0.00207. The summed E-state index contributed by atoms with van der Waals surface area (Å²) in [7, 11) is -2.64. The lowest BCUT2D eigenvalue weighted by Crippen LogP contribution is -2.33. The van der Waals surface area contributed by atoms with Gasteiger partial charge in [0.2, 0.25) is 0 Å². The number of rotatable bonds is 8. The Hall–Kier alpha value is -1.18. The normalized spacial score (nSPS) is 20.4. The SMILES string of the molecule is C[C@H](NC[C@H](O)CC(C1CCCCC1)[PH](=O)O)c1cccc(C#N)c1. The maximum atomic E-state index is 11.8. The molecule has 0 radical (unpaired) electrons. The second kappa shape index (κ2) is 10.1. The number of nitriles is 1. The topological polar surface area (TPSA) is 93.3 Å². The van der Waals surface area contributed by atoms with Crippen molar-refractivity contribution in [2.24, 2.45) is 5.92 Å². The van der Waals surface area contributed by atoms with Gasteiger partial charge in [-0.25, -0.2) is 0 Å². The number of aliphatic hydroxyl groups excluding tert-OH is 1. The first-order valence-electron chi connectivity index (χ1n) is 9.15. The number of hydrogen-bond acceptors (Lipinski definition) is 4. The van der Waals surface area contributed by atoms with Crippen LogP contribution in [0.5, 0.6) is 0 Å². The molecule has 1 saturated carbocycles. The molecule has 0 aromatic heterocycles. The highest BCUT2D eigenvalue weighted by atomic mass is 31.1. The van der Waals surface area contributed by atoms with Crippen LogP contribution in [-0.4, -0.2) is 28.3 Å². The molecule has 1 aliphatic rings. The van der Waals surface area contributed by atoms with Crippen molar-refractivity contribution in [3.63, 3.8) is 0 Å². The Morgan fingerprint density at radius 1 is 1.36 bits per heavy atom. The van der Waals surface area contributed by atoms with Gasteiger partial charge in [-0.05, 0) is 49.8 Å². The van der Waals surface area contributed by atoms with Crippen molar-refractivity contribution < 1.29 is 14.6 Å². The zero-order valence-electron chi connectivity index (χ0n) is 14.8. The van der Waals surface area contributed by atoms with Crippen LogP contribution in [-0.2, 0) is 4.57 Å². The van der Waals surface area contributed by atoms with Crippen LogP contribution in [0.4, 0.5) is 0 Å². The molecular weight excluding hydrogens is 335 g/mol. The van der Waals surface area contributed by atoms with Crippen molar-refractivity contribution in [1.29, 1.82) is 5.26 Å². The predicted octanol–water partition coefficient (Wildman–Crippen LogP) is 3.38. The summed E-state index contributed by atoms with van der Waals surface area (Å²) in [6.07, 6.45) is 5.18. The summed E-state index contributed by atoms with van der Waals surface area (Å²) < 4.78 is 11.8. The van der Waals surface area contributed by atoms with E-state index in [-0.39, 0.29) is 17.6 Å². The Bertz CT molecular complexity index is 611. The summed E-state index contributed by atoms with van der Waals surface area (Å²) in [4.78, 5) is 9.71. The van der Waals surface area contributed by atoms with Gasteiger partial charge < -0.3 is 15.3 Å². The smallest absolute Gasteiger partial charge is 0.192 e. The van der Waals surface area contributed by atoms with Crippen molar-refractivity contribution in [2.75, 3.05) is 6.54 Å². The van der Waals surface area contributed by atoms with Gasteiger partial charge in [0.05, 0.1) is 17.7 Å². The van der Waals surface area contributed by atoms with Crippen LogP contribution in [0, 0.1) is 17.2 Å². The molecule has 5 nitrogen and oxygen atoms in total. The van der Waals surface area contributed by atoms with E-state index in [0.717, 1.165) is 31.2 Å². The van der Waals surface area contributed by atoms with Gasteiger partial charge in [-0.15, -0.1) is 0 Å². The van der Waals surface area contributed by atoms with Crippen LogP contribution in [0.1, 0.15) is 62.6 Å². The van der Waals surface area contributed by atoms with Crippen LogP contribution in [0.2, 0.25) is 0 Å². The summed E-state index contributed by atoms with van der Waals surface area (Å²) >= 11 is 0. The Kier molecular flexibility index (Phi) is 8.12. The van der Waals surface area contributed by atoms with Crippen molar-refractivity contribution in [1.82, 2.24) is 5.32 Å². The largest absolute Gasteiger partial charge is 0.392 e. The van der Waals surface area contributed by atoms with Crippen molar-refractivity contribution in [3.8, 4) is 6.07 Å². The Morgan fingerprint density at radius 3 is 2.72 bits per heavy atom. The second-order valence-corrected chi connectivity index (χ2v) is 8.52. The van der Waals surface area contributed by atoms with Gasteiger partial charge in [0.15, 0.2) is 8.03 Å². The molecule has 4 atom stereocenters. The fourth-order valence-corrected chi connectivity index (χ4v) is 4.93. The number of nitrogens with zero attached hydrogens (tertiary/aromatic N) is 1. The molecule has 0 aliphatic heterocycles. The predicted molar refractivity (Wildman–Crippen MR) is 99.8 cm³/mol. The third-order valence-electron chi connectivity index (χ3n) is 5.24. The van der Waals surface area contributed by atoms with Gasteiger partial charge in [0.1, 0.15) is 0 Å². The summed E-state index contributed by atoms with van der Waals surface area (Å²) in [5, 5.41) is 22.6. The molecule has 0 bridgehead atoms. The first-order valence-corrected chi connectivity index (χ1v) is 10.6. The van der Waals surface area contributed by atoms with Gasteiger partial charge in [-0.2, -0.15) is 5.26 Å². The van der Waals surface area contributed by atoms with E-state index in [1.165, 1.54) is 6.42 Å². The highest BCUT2D eigenvalue weighted by Gasteiger charge is 2.29. The van der Waals surface area contributed by atoms with Crippen molar-refractivity contribution >= 4 is 8.03 Å². The molecule has 25 heavy (non-hydrogen) atoms. The van der Waals surface area contributed by atoms with E-state index in [4.69, 9.17) is 5.26 Å². The summed E-state index contributed by atoms with van der Waals surface area (Å²) in [5.74, 6) is 0.268. The number of hydrogen-bond donors (Lipinski definition) is 3. The lowest BCUT2D eigenvalue weighted by atomic mass is 9.85. The molecule has 0 saturated heterocycles. The van der Waals surface area contributed by atoms with E-state index >= 15 is 0 Å². The van der Waals surface area contributed by atoms with E-state index in [1.807, 2.05) is 25.1 Å². The summed E-state index contributed by atoms with van der Waals surface area (Å²) in [6, 6.07) is 9.52. The molecule has 1 aromatic carbocycles. The van der Waals surface area contributed by atoms with Crippen LogP contribution >= 0.6 is 8.03 Å². The van der Waals surface area contributed by atoms with E-state index in [2.05, 4.69) is 11.4 Å². The third-order valence-corrected chi connectivity index (χ3v) is 6.58. The fourth-order valence-electron chi connectivity index (χ4n) is 3.72. The molecule has 1 fully saturated rings. The molecule has 3 N–H and O–H groups in total. The molecular formula is C19H29N2O3P. The van der Waals surface area contributed by atoms with Crippen LogP contribution in [0.3, 0.4) is 0 Å². The number of aliphatic hydroxyl groups is 1. The fraction of sp³-hybridized carbons (Fsp3) is 0.632.